The van der Waals surface area contributed by atoms with Crippen molar-refractivity contribution in [2.75, 3.05) is 13.1 Å². The van der Waals surface area contributed by atoms with Gasteiger partial charge in [-0.2, -0.15) is 0 Å². The van der Waals surface area contributed by atoms with E-state index in [1.807, 2.05) is 0 Å². The Kier molecular flexibility index (Phi) is 2.29. The zero-order chi connectivity index (χ0) is 11.5. The summed E-state index contributed by atoms with van der Waals surface area (Å²) in [4.78, 5) is 2.70. The Morgan fingerprint density at radius 2 is 1.67 bits per heavy atom. The molecule has 1 heterocycles. The van der Waals surface area contributed by atoms with Crippen molar-refractivity contribution < 1.29 is 0 Å². The highest BCUT2D eigenvalue weighted by Gasteiger charge is 2.63. The predicted molar refractivity (Wildman–Crippen MR) is 65.9 cm³/mol. The minimum absolute atomic E-state index is 0.353. The van der Waals surface area contributed by atoms with Gasteiger partial charge in [-0.1, -0.05) is 20.8 Å². The van der Waals surface area contributed by atoms with Gasteiger partial charge in [-0.15, -0.1) is 0 Å². The second kappa shape index (κ2) is 3.00. The van der Waals surface area contributed by atoms with E-state index in [2.05, 4.69) is 46.4 Å². The Balaban J connectivity index is 2.14. The molecule has 0 amide bonds. The number of hydrogen-bond acceptors (Lipinski definition) is 1. The highest BCUT2D eigenvalue weighted by molar-refractivity contribution is 5.13. The van der Waals surface area contributed by atoms with Gasteiger partial charge in [0.1, 0.15) is 0 Å². The first-order valence-electron chi connectivity index (χ1n) is 6.42. The third-order valence-electron chi connectivity index (χ3n) is 4.89. The maximum Gasteiger partial charge on any atom is 0.0125 e. The Morgan fingerprint density at radius 3 is 2.13 bits per heavy atom. The first kappa shape index (κ1) is 11.4. The molecular formula is C14H27N. The van der Waals surface area contributed by atoms with E-state index < -0.39 is 0 Å². The first-order chi connectivity index (χ1) is 6.67. The van der Waals surface area contributed by atoms with Crippen molar-refractivity contribution >= 4 is 0 Å². The number of hydrogen-bond donors (Lipinski definition) is 0. The van der Waals surface area contributed by atoms with Crippen molar-refractivity contribution in [3.8, 4) is 0 Å². The van der Waals surface area contributed by atoms with Crippen LogP contribution in [0, 0.1) is 16.7 Å². The van der Waals surface area contributed by atoms with Gasteiger partial charge in [-0.3, -0.25) is 4.90 Å². The van der Waals surface area contributed by atoms with Crippen LogP contribution in [0.25, 0.3) is 0 Å². The maximum atomic E-state index is 2.70. The third-order valence-corrected chi connectivity index (χ3v) is 4.89. The molecule has 2 unspecified atom stereocenters. The molecule has 0 bridgehead atoms. The van der Waals surface area contributed by atoms with E-state index in [1.54, 1.807) is 0 Å². The summed E-state index contributed by atoms with van der Waals surface area (Å²) < 4.78 is 0. The molecule has 1 saturated carbocycles. The molecule has 2 fully saturated rings. The number of fused-ring (bicyclic) bond motifs is 1. The van der Waals surface area contributed by atoms with Crippen LogP contribution in [-0.4, -0.2) is 23.5 Å². The third kappa shape index (κ3) is 1.73. The molecule has 1 saturated heterocycles. The minimum Gasteiger partial charge on any atom is -0.298 e. The number of piperidine rings is 1. The predicted octanol–water partition coefficient (Wildman–Crippen LogP) is 3.54. The molecule has 0 aromatic rings. The molecule has 1 heteroatoms. The minimum atomic E-state index is 0.353. The van der Waals surface area contributed by atoms with E-state index in [1.165, 1.54) is 25.9 Å². The van der Waals surface area contributed by atoms with Crippen LogP contribution in [0.4, 0.5) is 0 Å². The zero-order valence-corrected chi connectivity index (χ0v) is 11.4. The van der Waals surface area contributed by atoms with Crippen molar-refractivity contribution in [2.45, 2.75) is 59.9 Å². The van der Waals surface area contributed by atoms with E-state index in [-0.39, 0.29) is 0 Å². The molecule has 88 valence electrons. The van der Waals surface area contributed by atoms with Gasteiger partial charge in [-0.05, 0) is 56.9 Å². The summed E-state index contributed by atoms with van der Waals surface area (Å²) >= 11 is 0. The van der Waals surface area contributed by atoms with Crippen molar-refractivity contribution in [1.29, 1.82) is 0 Å². The van der Waals surface area contributed by atoms with Crippen LogP contribution in [0.1, 0.15) is 54.4 Å². The van der Waals surface area contributed by atoms with Crippen LogP contribution >= 0.6 is 0 Å². The monoisotopic (exact) mass is 209 g/mol. The smallest absolute Gasteiger partial charge is 0.0125 e. The van der Waals surface area contributed by atoms with Gasteiger partial charge in [0.05, 0.1) is 0 Å². The van der Waals surface area contributed by atoms with Gasteiger partial charge >= 0.3 is 0 Å². The summed E-state index contributed by atoms with van der Waals surface area (Å²) in [5.41, 5.74) is 1.48. The fourth-order valence-corrected chi connectivity index (χ4v) is 3.41. The summed E-state index contributed by atoms with van der Waals surface area (Å²) in [5.74, 6) is 1.02. The molecular weight excluding hydrogens is 182 g/mol. The molecule has 2 rings (SSSR count). The summed E-state index contributed by atoms with van der Waals surface area (Å²) in [7, 11) is 0. The van der Waals surface area contributed by atoms with E-state index in [4.69, 9.17) is 0 Å². The highest BCUT2D eigenvalue weighted by atomic mass is 15.2. The first-order valence-corrected chi connectivity index (χ1v) is 6.42. The van der Waals surface area contributed by atoms with Crippen LogP contribution in [0.15, 0.2) is 0 Å². The Labute approximate surface area is 95.2 Å². The van der Waals surface area contributed by atoms with Crippen molar-refractivity contribution in [3.05, 3.63) is 0 Å². The maximum absolute atomic E-state index is 2.70. The lowest BCUT2D eigenvalue weighted by atomic mass is 9.73. The quantitative estimate of drug-likeness (QED) is 0.590. The molecule has 2 aliphatic rings. The molecule has 0 spiro atoms. The zero-order valence-electron chi connectivity index (χ0n) is 11.4. The average molecular weight is 209 g/mol. The SMILES string of the molecule is CC(C)(C)N1CCC2CC2(C(C)(C)C)C1. The molecule has 1 aliphatic carbocycles. The lowest BCUT2D eigenvalue weighted by Crippen LogP contribution is -2.50. The van der Waals surface area contributed by atoms with Gasteiger partial charge < -0.3 is 0 Å². The van der Waals surface area contributed by atoms with E-state index in [0.29, 0.717) is 16.4 Å². The van der Waals surface area contributed by atoms with E-state index in [0.717, 1.165) is 5.92 Å². The summed E-state index contributed by atoms with van der Waals surface area (Å²) in [5, 5.41) is 0. The van der Waals surface area contributed by atoms with Crippen LogP contribution < -0.4 is 0 Å². The van der Waals surface area contributed by atoms with E-state index >= 15 is 0 Å². The van der Waals surface area contributed by atoms with Gasteiger partial charge in [0.25, 0.3) is 0 Å². The Hall–Kier alpha value is -0.0400. The van der Waals surface area contributed by atoms with Crippen LogP contribution in [0.5, 0.6) is 0 Å². The largest absolute Gasteiger partial charge is 0.298 e. The van der Waals surface area contributed by atoms with Crippen LogP contribution in [-0.2, 0) is 0 Å². The van der Waals surface area contributed by atoms with Gasteiger partial charge in [0.2, 0.25) is 0 Å². The number of nitrogens with zero attached hydrogens (tertiary/aromatic N) is 1. The van der Waals surface area contributed by atoms with E-state index in [9.17, 15) is 0 Å². The molecule has 15 heavy (non-hydrogen) atoms. The normalized spacial score (nSPS) is 37.6. The fraction of sp³-hybridized carbons (Fsp3) is 1.00. The molecule has 0 N–H and O–H groups in total. The molecule has 0 aromatic carbocycles. The number of likely N-dealkylation sites (tertiary alicyclic amines) is 1. The van der Waals surface area contributed by atoms with Gasteiger partial charge in [0, 0.05) is 12.1 Å². The second-order valence-corrected chi connectivity index (χ2v) is 7.69. The lowest BCUT2D eigenvalue weighted by molar-refractivity contribution is 0.0260. The Morgan fingerprint density at radius 1 is 1.07 bits per heavy atom. The highest BCUT2D eigenvalue weighted by Crippen LogP contribution is 2.66. The molecule has 0 aromatic heterocycles. The molecule has 0 radical (unpaired) electrons. The summed E-state index contributed by atoms with van der Waals surface area (Å²) in [6.07, 6.45) is 2.90. The molecule has 1 aliphatic heterocycles. The summed E-state index contributed by atoms with van der Waals surface area (Å²) in [6.45, 7) is 17.0. The van der Waals surface area contributed by atoms with Gasteiger partial charge in [-0.25, -0.2) is 0 Å². The van der Waals surface area contributed by atoms with Crippen molar-refractivity contribution in [2.24, 2.45) is 16.7 Å². The molecule has 2 atom stereocenters. The van der Waals surface area contributed by atoms with Crippen molar-refractivity contribution in [3.63, 3.8) is 0 Å². The van der Waals surface area contributed by atoms with Crippen molar-refractivity contribution in [1.82, 2.24) is 4.90 Å². The molecule has 1 nitrogen and oxygen atoms in total. The lowest BCUT2D eigenvalue weighted by Gasteiger charge is -2.46. The topological polar surface area (TPSA) is 3.24 Å². The fourth-order valence-electron chi connectivity index (χ4n) is 3.41. The van der Waals surface area contributed by atoms with Gasteiger partial charge in [0.15, 0.2) is 0 Å². The second-order valence-electron chi connectivity index (χ2n) is 7.69. The Bertz CT molecular complexity index is 255. The van der Waals surface area contributed by atoms with Crippen LogP contribution in [0.3, 0.4) is 0 Å². The van der Waals surface area contributed by atoms with Crippen LogP contribution in [0.2, 0.25) is 0 Å². The standard InChI is InChI=1S/C14H27N/c1-12(2,3)14-9-11(14)7-8-15(10-14)13(4,5)6/h11H,7-10H2,1-6H3. The number of rotatable bonds is 0. The average Bonchev–Trinajstić information content (AvgIpc) is 2.74. The summed E-state index contributed by atoms with van der Waals surface area (Å²) in [6, 6.07) is 0.